The molecule has 1 saturated heterocycles. The zero-order valence-corrected chi connectivity index (χ0v) is 12.7. The maximum Gasteiger partial charge on any atom is 0.126 e. The lowest BCUT2D eigenvalue weighted by Crippen LogP contribution is -2.35. The molecule has 1 aromatic carbocycles. The molecule has 1 aliphatic rings. The van der Waals surface area contributed by atoms with Gasteiger partial charge in [-0.15, -0.1) is 0 Å². The van der Waals surface area contributed by atoms with Crippen molar-refractivity contribution in [2.45, 2.75) is 26.3 Å². The summed E-state index contributed by atoms with van der Waals surface area (Å²) in [5, 5.41) is 4.03. The van der Waals surface area contributed by atoms with Gasteiger partial charge in [0.25, 0.3) is 0 Å². The zero-order valence-electron chi connectivity index (χ0n) is 10.4. The molecule has 1 unspecified atom stereocenters. The molecule has 5 heteroatoms. The molecule has 0 saturated carbocycles. The summed E-state index contributed by atoms with van der Waals surface area (Å²) >= 11 is 14.0. The number of rotatable bonds is 2. The number of anilines is 1. The van der Waals surface area contributed by atoms with Gasteiger partial charge in [-0.2, -0.15) is 11.8 Å². The molecule has 100 valence electrons. The molecule has 2 rings (SSSR count). The summed E-state index contributed by atoms with van der Waals surface area (Å²) in [6.45, 7) is 4.50. The van der Waals surface area contributed by atoms with Gasteiger partial charge in [-0.3, -0.25) is 0 Å². The summed E-state index contributed by atoms with van der Waals surface area (Å²) in [4.78, 5) is 0. The van der Waals surface area contributed by atoms with Crippen LogP contribution in [-0.2, 0) is 0 Å². The molecule has 1 nitrogen and oxygen atoms in total. The van der Waals surface area contributed by atoms with Crippen molar-refractivity contribution in [1.29, 1.82) is 0 Å². The van der Waals surface area contributed by atoms with Crippen LogP contribution in [0.3, 0.4) is 0 Å². The highest BCUT2D eigenvalue weighted by Gasteiger charge is 2.29. The second-order valence-corrected chi connectivity index (χ2v) is 7.31. The third-order valence-electron chi connectivity index (χ3n) is 2.97. The van der Waals surface area contributed by atoms with E-state index < -0.39 is 5.82 Å². The number of thioether (sulfide) groups is 1. The fourth-order valence-corrected chi connectivity index (χ4v) is 4.08. The molecule has 1 fully saturated rings. The molecule has 0 aliphatic carbocycles. The number of nitrogens with one attached hydrogen (secondary N) is 1. The van der Waals surface area contributed by atoms with Crippen molar-refractivity contribution < 1.29 is 4.39 Å². The average molecular weight is 308 g/mol. The first kappa shape index (κ1) is 14.3. The molecule has 1 aliphatic heterocycles. The molecule has 0 radical (unpaired) electrons. The minimum atomic E-state index is -0.408. The molecular formula is C13H16Cl2FNS. The Morgan fingerprint density at radius 3 is 2.50 bits per heavy atom. The van der Waals surface area contributed by atoms with Gasteiger partial charge in [0, 0.05) is 11.8 Å². The molecule has 18 heavy (non-hydrogen) atoms. The van der Waals surface area contributed by atoms with E-state index in [1.165, 1.54) is 12.1 Å². The Balaban J connectivity index is 2.14. The topological polar surface area (TPSA) is 12.0 Å². The molecule has 0 spiro atoms. The first-order valence-corrected chi connectivity index (χ1v) is 7.77. The Hall–Kier alpha value is -0.120. The molecule has 1 atom stereocenters. The van der Waals surface area contributed by atoms with Crippen LogP contribution >= 0.6 is 35.0 Å². The van der Waals surface area contributed by atoms with Gasteiger partial charge < -0.3 is 5.32 Å². The van der Waals surface area contributed by atoms with Crippen LogP contribution in [0, 0.1) is 11.2 Å². The van der Waals surface area contributed by atoms with Crippen molar-refractivity contribution in [2.24, 2.45) is 5.41 Å². The highest BCUT2D eigenvalue weighted by molar-refractivity contribution is 7.99. The largest absolute Gasteiger partial charge is 0.379 e. The monoisotopic (exact) mass is 307 g/mol. The van der Waals surface area contributed by atoms with E-state index in [0.717, 1.165) is 17.9 Å². The minimum absolute atomic E-state index is 0.305. The van der Waals surface area contributed by atoms with Crippen LogP contribution in [0.4, 0.5) is 10.1 Å². The van der Waals surface area contributed by atoms with Crippen LogP contribution in [-0.4, -0.2) is 17.5 Å². The smallest absolute Gasteiger partial charge is 0.126 e. The third-order valence-corrected chi connectivity index (χ3v) is 5.19. The summed E-state index contributed by atoms with van der Waals surface area (Å²) in [6, 6.07) is 2.90. The van der Waals surface area contributed by atoms with E-state index in [-0.39, 0.29) is 0 Å². The van der Waals surface area contributed by atoms with Gasteiger partial charge in [0.05, 0.1) is 15.7 Å². The van der Waals surface area contributed by atoms with Crippen molar-refractivity contribution in [2.75, 3.05) is 16.8 Å². The van der Waals surface area contributed by atoms with Gasteiger partial charge in [0.2, 0.25) is 0 Å². The van der Waals surface area contributed by atoms with Crippen molar-refractivity contribution in [3.05, 3.63) is 28.0 Å². The van der Waals surface area contributed by atoms with E-state index in [1.807, 2.05) is 11.8 Å². The lowest BCUT2D eigenvalue weighted by Gasteiger charge is -2.35. The van der Waals surface area contributed by atoms with Crippen LogP contribution in [0.2, 0.25) is 10.0 Å². The second-order valence-electron chi connectivity index (χ2n) is 5.47. The minimum Gasteiger partial charge on any atom is -0.379 e. The first-order chi connectivity index (χ1) is 8.37. The molecule has 1 N–H and O–H groups in total. The predicted molar refractivity (Wildman–Crippen MR) is 79.6 cm³/mol. The molecule has 1 aromatic rings. The van der Waals surface area contributed by atoms with Gasteiger partial charge >= 0.3 is 0 Å². The quantitative estimate of drug-likeness (QED) is 0.818. The maximum atomic E-state index is 13.1. The van der Waals surface area contributed by atoms with Crippen LogP contribution in [0.5, 0.6) is 0 Å². The summed E-state index contributed by atoms with van der Waals surface area (Å²) < 4.78 is 13.1. The van der Waals surface area contributed by atoms with Crippen molar-refractivity contribution in [3.8, 4) is 0 Å². The normalized spacial score (nSPS) is 22.8. The van der Waals surface area contributed by atoms with E-state index in [0.29, 0.717) is 27.2 Å². The summed E-state index contributed by atoms with van der Waals surface area (Å²) in [7, 11) is 0. The van der Waals surface area contributed by atoms with Crippen LogP contribution in [0.1, 0.15) is 20.3 Å². The van der Waals surface area contributed by atoms with Crippen LogP contribution in [0.25, 0.3) is 0 Å². The third kappa shape index (κ3) is 3.46. The summed E-state index contributed by atoms with van der Waals surface area (Å²) in [5.41, 5.74) is 0.947. The van der Waals surface area contributed by atoms with Crippen LogP contribution < -0.4 is 5.32 Å². The van der Waals surface area contributed by atoms with Crippen LogP contribution in [0.15, 0.2) is 12.1 Å². The molecule has 0 amide bonds. The Labute approximate surface area is 121 Å². The van der Waals surface area contributed by atoms with E-state index in [4.69, 9.17) is 23.2 Å². The fourth-order valence-electron chi connectivity index (χ4n) is 2.24. The lowest BCUT2D eigenvalue weighted by atomic mass is 9.88. The van der Waals surface area contributed by atoms with E-state index in [2.05, 4.69) is 19.2 Å². The number of halogens is 3. The predicted octanol–water partition coefficient (Wildman–Crippen LogP) is 5.08. The van der Waals surface area contributed by atoms with Crippen molar-refractivity contribution in [3.63, 3.8) is 0 Å². The SMILES string of the molecule is CC1(C)CSCC(Nc2c(Cl)cc(F)cc2Cl)C1. The van der Waals surface area contributed by atoms with Gasteiger partial charge in [0.1, 0.15) is 5.82 Å². The number of benzene rings is 1. The Morgan fingerprint density at radius 1 is 1.33 bits per heavy atom. The van der Waals surface area contributed by atoms with Gasteiger partial charge in [0.15, 0.2) is 0 Å². The van der Waals surface area contributed by atoms with E-state index in [9.17, 15) is 4.39 Å². The zero-order chi connectivity index (χ0) is 13.3. The van der Waals surface area contributed by atoms with Gasteiger partial charge in [-0.25, -0.2) is 4.39 Å². The standard InChI is InChI=1S/C13H16Cl2FNS/c1-13(2)5-9(6-18-7-13)17-12-10(14)3-8(16)4-11(12)15/h3-4,9,17H,5-7H2,1-2H3. The molecule has 0 aromatic heterocycles. The lowest BCUT2D eigenvalue weighted by molar-refractivity contribution is 0.358. The second kappa shape index (κ2) is 5.48. The Bertz CT molecular complexity index is 428. The van der Waals surface area contributed by atoms with Crippen molar-refractivity contribution in [1.82, 2.24) is 0 Å². The molecule has 1 heterocycles. The maximum absolute atomic E-state index is 13.1. The highest BCUT2D eigenvalue weighted by atomic mass is 35.5. The number of hydrogen-bond donors (Lipinski definition) is 1. The summed E-state index contributed by atoms with van der Waals surface area (Å²) in [6.07, 6.45) is 1.06. The number of hydrogen-bond acceptors (Lipinski definition) is 2. The van der Waals surface area contributed by atoms with E-state index >= 15 is 0 Å². The Kier molecular flexibility index (Phi) is 4.35. The average Bonchev–Trinajstić information content (AvgIpc) is 2.22. The highest BCUT2D eigenvalue weighted by Crippen LogP contribution is 2.37. The fraction of sp³-hybridized carbons (Fsp3) is 0.538. The van der Waals surface area contributed by atoms with Gasteiger partial charge in [-0.05, 0) is 29.7 Å². The van der Waals surface area contributed by atoms with Gasteiger partial charge in [-0.1, -0.05) is 37.0 Å². The first-order valence-electron chi connectivity index (χ1n) is 5.86. The van der Waals surface area contributed by atoms with E-state index in [1.54, 1.807) is 0 Å². The summed E-state index contributed by atoms with van der Waals surface area (Å²) in [5.74, 6) is 1.78. The Morgan fingerprint density at radius 2 is 1.94 bits per heavy atom. The van der Waals surface area contributed by atoms with Crippen molar-refractivity contribution >= 4 is 40.7 Å². The molecular weight excluding hydrogens is 292 g/mol. The molecule has 0 bridgehead atoms.